The van der Waals surface area contributed by atoms with Gasteiger partial charge in [-0.1, -0.05) is 43.0 Å². The van der Waals surface area contributed by atoms with Gasteiger partial charge >= 0.3 is 5.97 Å². The van der Waals surface area contributed by atoms with Crippen molar-refractivity contribution in [2.75, 3.05) is 6.61 Å². The summed E-state index contributed by atoms with van der Waals surface area (Å²) in [5, 5.41) is 5.39. The van der Waals surface area contributed by atoms with Gasteiger partial charge in [-0.05, 0) is 62.6 Å². The quantitative estimate of drug-likeness (QED) is 0.337. The van der Waals surface area contributed by atoms with Gasteiger partial charge in [0.25, 0.3) is 5.56 Å². The van der Waals surface area contributed by atoms with Crippen LogP contribution in [0.2, 0.25) is 5.02 Å². The zero-order valence-electron chi connectivity index (χ0n) is 19.4. The summed E-state index contributed by atoms with van der Waals surface area (Å²) in [6.07, 6.45) is 6.83. The van der Waals surface area contributed by atoms with Crippen LogP contribution in [0.3, 0.4) is 0 Å². The molecule has 0 bridgehead atoms. The molecule has 0 aliphatic heterocycles. The molecule has 1 aliphatic rings. The number of nitrogens with zero attached hydrogens (tertiary/aromatic N) is 3. The minimum Gasteiger partial charge on any atom is -0.480 e. The van der Waals surface area contributed by atoms with E-state index in [2.05, 4.69) is 5.10 Å². The molecule has 0 radical (unpaired) electrons. The van der Waals surface area contributed by atoms with Gasteiger partial charge in [0.05, 0.1) is 28.2 Å². The number of halogens is 1. The number of para-hydroxylation sites is 1. The second kappa shape index (κ2) is 10.8. The highest BCUT2D eigenvalue weighted by atomic mass is 35.5. The first kappa shape index (κ1) is 24.0. The number of benzene rings is 2. The number of fused-ring (bicyclic) bond motifs is 1. The van der Waals surface area contributed by atoms with E-state index in [1.165, 1.54) is 11.1 Å². The van der Waals surface area contributed by atoms with Gasteiger partial charge in [0.1, 0.15) is 11.6 Å². The third-order valence-corrected chi connectivity index (χ3v) is 6.04. The highest BCUT2D eigenvalue weighted by Crippen LogP contribution is 2.32. The Morgan fingerprint density at radius 2 is 1.97 bits per heavy atom. The standard InChI is InChI=1S/C26H28ClN3O4/c1-17(2)34-24(31)16-33-23-13-12-18(14-21(23)27)15-28-30-25(19-8-4-3-5-9-19)29-22-11-7-6-10-20(22)26(30)32/h6-7,10-15,17,19H,3-5,8-9,16H2,1-2H3. The Hall–Kier alpha value is -3.19. The lowest BCUT2D eigenvalue weighted by Crippen LogP contribution is -2.25. The number of hydrogen-bond acceptors (Lipinski definition) is 6. The maximum absolute atomic E-state index is 13.3. The van der Waals surface area contributed by atoms with E-state index in [1.54, 1.807) is 44.3 Å². The number of ether oxygens (including phenoxy) is 2. The first-order chi connectivity index (χ1) is 16.4. The van der Waals surface area contributed by atoms with Crippen molar-refractivity contribution in [3.8, 4) is 5.75 Å². The van der Waals surface area contributed by atoms with Crippen molar-refractivity contribution >= 4 is 34.7 Å². The molecule has 7 nitrogen and oxygen atoms in total. The van der Waals surface area contributed by atoms with Crippen molar-refractivity contribution in [1.29, 1.82) is 0 Å². The number of aromatic nitrogens is 2. The van der Waals surface area contributed by atoms with Gasteiger partial charge in [0.2, 0.25) is 0 Å². The fourth-order valence-electron chi connectivity index (χ4n) is 4.15. The highest BCUT2D eigenvalue weighted by molar-refractivity contribution is 6.32. The Labute approximate surface area is 203 Å². The number of hydrogen-bond donors (Lipinski definition) is 0. The summed E-state index contributed by atoms with van der Waals surface area (Å²) in [5.41, 5.74) is 1.20. The van der Waals surface area contributed by atoms with Crippen LogP contribution in [0.4, 0.5) is 0 Å². The molecule has 0 N–H and O–H groups in total. The Bertz CT molecular complexity index is 1260. The van der Waals surface area contributed by atoms with Crippen LogP contribution >= 0.6 is 11.6 Å². The summed E-state index contributed by atoms with van der Waals surface area (Å²) in [5.74, 6) is 0.810. The lowest BCUT2D eigenvalue weighted by molar-refractivity contribution is -0.149. The predicted molar refractivity (Wildman–Crippen MR) is 133 cm³/mol. The predicted octanol–water partition coefficient (Wildman–Crippen LogP) is 5.31. The number of carbonyl (C=O) groups excluding carboxylic acids is 1. The van der Waals surface area contributed by atoms with Crippen molar-refractivity contribution in [2.24, 2.45) is 5.10 Å². The summed E-state index contributed by atoms with van der Waals surface area (Å²) in [6, 6.07) is 12.5. The van der Waals surface area contributed by atoms with Gasteiger partial charge in [-0.25, -0.2) is 9.78 Å². The van der Waals surface area contributed by atoms with Crippen LogP contribution in [0.25, 0.3) is 10.9 Å². The summed E-state index contributed by atoms with van der Waals surface area (Å²) in [6.45, 7) is 3.32. The Kier molecular flexibility index (Phi) is 7.63. The molecule has 1 aliphatic carbocycles. The molecule has 1 heterocycles. The number of carbonyl (C=O) groups is 1. The maximum atomic E-state index is 13.3. The van der Waals surface area contributed by atoms with E-state index in [-0.39, 0.29) is 24.2 Å². The molecular weight excluding hydrogens is 454 g/mol. The fourth-order valence-corrected chi connectivity index (χ4v) is 4.39. The van der Waals surface area contributed by atoms with Crippen LogP contribution in [0.15, 0.2) is 52.4 Å². The van der Waals surface area contributed by atoms with Crippen LogP contribution in [0.5, 0.6) is 5.75 Å². The van der Waals surface area contributed by atoms with Gasteiger partial charge in [-0.2, -0.15) is 9.78 Å². The first-order valence-corrected chi connectivity index (χ1v) is 12.0. The summed E-state index contributed by atoms with van der Waals surface area (Å²) in [4.78, 5) is 29.8. The molecule has 3 aromatic rings. The first-order valence-electron chi connectivity index (χ1n) is 11.6. The zero-order chi connectivity index (χ0) is 24.1. The minimum absolute atomic E-state index is 0.183. The molecule has 4 rings (SSSR count). The Morgan fingerprint density at radius 3 is 2.71 bits per heavy atom. The van der Waals surface area contributed by atoms with Gasteiger partial charge in [0, 0.05) is 5.92 Å². The van der Waals surface area contributed by atoms with Crippen LogP contribution < -0.4 is 10.3 Å². The Balaban J connectivity index is 1.60. The van der Waals surface area contributed by atoms with E-state index >= 15 is 0 Å². The van der Waals surface area contributed by atoms with Crippen LogP contribution in [-0.4, -0.2) is 34.6 Å². The summed E-state index contributed by atoms with van der Waals surface area (Å²) in [7, 11) is 0. The third kappa shape index (κ3) is 5.65. The molecule has 0 amide bonds. The molecule has 34 heavy (non-hydrogen) atoms. The van der Waals surface area contributed by atoms with Crippen molar-refractivity contribution in [1.82, 2.24) is 9.66 Å². The van der Waals surface area contributed by atoms with E-state index in [9.17, 15) is 9.59 Å². The average molecular weight is 482 g/mol. The molecular formula is C26H28ClN3O4. The molecule has 178 valence electrons. The van der Waals surface area contributed by atoms with E-state index in [0.717, 1.165) is 25.7 Å². The van der Waals surface area contributed by atoms with Crippen molar-refractivity contribution in [3.63, 3.8) is 0 Å². The minimum atomic E-state index is -0.463. The fraction of sp³-hybridized carbons (Fsp3) is 0.385. The SMILES string of the molecule is CC(C)OC(=O)COc1ccc(C=Nn2c(C3CCCCC3)nc3ccccc3c2=O)cc1Cl. The van der Waals surface area contributed by atoms with Crippen LogP contribution in [0.1, 0.15) is 63.3 Å². The van der Waals surface area contributed by atoms with Crippen molar-refractivity contribution in [3.05, 3.63) is 69.2 Å². The van der Waals surface area contributed by atoms with Crippen molar-refractivity contribution < 1.29 is 14.3 Å². The topological polar surface area (TPSA) is 82.8 Å². The smallest absolute Gasteiger partial charge is 0.344 e. The van der Waals surface area contributed by atoms with Gasteiger partial charge < -0.3 is 9.47 Å². The lowest BCUT2D eigenvalue weighted by Gasteiger charge is -2.22. The lowest BCUT2D eigenvalue weighted by atomic mass is 9.88. The molecule has 1 fully saturated rings. The molecule has 0 spiro atoms. The number of rotatable bonds is 7. The van der Waals surface area contributed by atoms with Gasteiger partial charge in [-0.15, -0.1) is 0 Å². The molecule has 8 heteroatoms. The van der Waals surface area contributed by atoms with E-state index < -0.39 is 5.97 Å². The van der Waals surface area contributed by atoms with E-state index in [0.29, 0.717) is 33.1 Å². The van der Waals surface area contributed by atoms with E-state index in [4.69, 9.17) is 26.1 Å². The molecule has 0 saturated heterocycles. The second-order valence-corrected chi connectivity index (χ2v) is 9.11. The zero-order valence-corrected chi connectivity index (χ0v) is 20.1. The number of esters is 1. The van der Waals surface area contributed by atoms with Crippen LogP contribution in [-0.2, 0) is 9.53 Å². The molecule has 0 atom stereocenters. The second-order valence-electron chi connectivity index (χ2n) is 8.70. The highest BCUT2D eigenvalue weighted by Gasteiger charge is 2.22. The maximum Gasteiger partial charge on any atom is 0.344 e. The largest absolute Gasteiger partial charge is 0.480 e. The van der Waals surface area contributed by atoms with Gasteiger partial charge in [-0.3, -0.25) is 4.79 Å². The van der Waals surface area contributed by atoms with Crippen LogP contribution in [0, 0.1) is 0 Å². The molecule has 0 unspecified atom stereocenters. The summed E-state index contributed by atoms with van der Waals surface area (Å²) >= 11 is 6.34. The molecule has 1 aromatic heterocycles. The molecule has 2 aromatic carbocycles. The molecule has 1 saturated carbocycles. The van der Waals surface area contributed by atoms with Gasteiger partial charge in [0.15, 0.2) is 6.61 Å². The third-order valence-electron chi connectivity index (χ3n) is 5.74. The normalized spacial score (nSPS) is 14.7. The average Bonchev–Trinajstić information content (AvgIpc) is 2.83. The Morgan fingerprint density at radius 1 is 1.21 bits per heavy atom. The van der Waals surface area contributed by atoms with E-state index in [1.807, 2.05) is 18.2 Å². The van der Waals surface area contributed by atoms with Crippen molar-refractivity contribution in [2.45, 2.75) is 58.0 Å². The summed E-state index contributed by atoms with van der Waals surface area (Å²) < 4.78 is 12.0. The monoisotopic (exact) mass is 481 g/mol.